The Bertz CT molecular complexity index is 472. The van der Waals surface area contributed by atoms with Crippen LogP contribution in [0.15, 0.2) is 24.3 Å². The molecule has 0 unspecified atom stereocenters. The van der Waals surface area contributed by atoms with Crippen molar-refractivity contribution in [2.24, 2.45) is 0 Å². The number of piperidine rings is 1. The monoisotopic (exact) mass is 372 g/mol. The van der Waals surface area contributed by atoms with Crippen molar-refractivity contribution < 1.29 is 9.53 Å². The van der Waals surface area contributed by atoms with Crippen LogP contribution in [0.1, 0.15) is 12.8 Å². The smallest absolute Gasteiger partial charge is 0.410 e. The summed E-state index contributed by atoms with van der Waals surface area (Å²) in [4.78, 5) is 16.6. The number of ether oxygens (including phenoxy) is 1. The molecule has 1 amide bonds. The molecular formula is C14H17IN2O2. The first-order valence-electron chi connectivity index (χ1n) is 6.69. The molecule has 3 aliphatic heterocycles. The largest absolute Gasteiger partial charge is 0.415 e. The fourth-order valence-electron chi connectivity index (χ4n) is 2.82. The van der Waals surface area contributed by atoms with E-state index < -0.39 is 0 Å². The van der Waals surface area contributed by atoms with E-state index in [2.05, 4.69) is 27.5 Å². The minimum absolute atomic E-state index is 0.198. The molecular weight excluding hydrogens is 355 g/mol. The third-order valence-electron chi connectivity index (χ3n) is 3.89. The van der Waals surface area contributed by atoms with Gasteiger partial charge in [0.05, 0.1) is 0 Å². The van der Waals surface area contributed by atoms with Gasteiger partial charge in [-0.25, -0.2) is 4.79 Å². The minimum Gasteiger partial charge on any atom is -0.410 e. The molecule has 3 heterocycles. The first-order valence-corrected chi connectivity index (χ1v) is 7.76. The highest BCUT2D eigenvalue weighted by atomic mass is 127. The summed E-state index contributed by atoms with van der Waals surface area (Å²) in [5.41, 5.74) is 0. The van der Waals surface area contributed by atoms with Crippen LogP contribution >= 0.6 is 22.6 Å². The molecule has 4 rings (SSSR count). The van der Waals surface area contributed by atoms with E-state index in [4.69, 9.17) is 4.74 Å². The number of hydrogen-bond acceptors (Lipinski definition) is 3. The third-order valence-corrected chi connectivity index (χ3v) is 4.56. The fourth-order valence-corrected chi connectivity index (χ4v) is 3.33. The molecule has 19 heavy (non-hydrogen) atoms. The molecule has 3 aliphatic rings. The number of hydrogen-bond donors (Lipinski definition) is 0. The maximum absolute atomic E-state index is 12.3. The molecule has 0 aromatic heterocycles. The normalized spacial score (nSPS) is 26.1. The van der Waals surface area contributed by atoms with Crippen molar-refractivity contribution in [1.29, 1.82) is 0 Å². The molecule has 5 heteroatoms. The Balaban J connectivity index is 1.69. The van der Waals surface area contributed by atoms with Crippen molar-refractivity contribution in [1.82, 2.24) is 9.80 Å². The van der Waals surface area contributed by atoms with Crippen LogP contribution in [-0.2, 0) is 0 Å². The molecule has 102 valence electrons. The van der Waals surface area contributed by atoms with Gasteiger partial charge in [-0.2, -0.15) is 0 Å². The molecule has 0 atom stereocenters. The molecule has 0 spiro atoms. The molecule has 3 fully saturated rings. The summed E-state index contributed by atoms with van der Waals surface area (Å²) < 4.78 is 6.58. The Labute approximate surface area is 126 Å². The highest BCUT2D eigenvalue weighted by Crippen LogP contribution is 2.23. The average molecular weight is 372 g/mol. The van der Waals surface area contributed by atoms with E-state index in [1.54, 1.807) is 0 Å². The highest BCUT2D eigenvalue weighted by molar-refractivity contribution is 14.1. The predicted octanol–water partition coefficient (Wildman–Crippen LogP) is 2.57. The second kappa shape index (κ2) is 5.66. The quantitative estimate of drug-likeness (QED) is 0.711. The number of benzene rings is 1. The molecule has 2 bridgehead atoms. The van der Waals surface area contributed by atoms with Gasteiger partial charge in [-0.1, -0.05) is 6.07 Å². The van der Waals surface area contributed by atoms with Crippen molar-refractivity contribution in [2.75, 3.05) is 26.2 Å². The summed E-state index contributed by atoms with van der Waals surface area (Å²) >= 11 is 2.22. The van der Waals surface area contributed by atoms with Crippen LogP contribution in [0.5, 0.6) is 5.75 Å². The second-order valence-corrected chi connectivity index (χ2v) is 6.34. The Kier molecular flexibility index (Phi) is 3.93. The van der Waals surface area contributed by atoms with Crippen molar-refractivity contribution in [3.05, 3.63) is 27.8 Å². The van der Waals surface area contributed by atoms with Gasteiger partial charge in [-0.05, 0) is 53.6 Å². The molecule has 0 saturated carbocycles. The van der Waals surface area contributed by atoms with E-state index in [0.717, 1.165) is 42.6 Å². The SMILES string of the molecule is O=C(Oc1cccc(I)c1)N1CCN2CCC1CC2. The van der Waals surface area contributed by atoms with E-state index in [1.807, 2.05) is 29.2 Å². The number of carbonyl (C=O) groups excluding carboxylic acids is 1. The maximum Gasteiger partial charge on any atom is 0.415 e. The van der Waals surface area contributed by atoms with Crippen LogP contribution in [0.2, 0.25) is 0 Å². The van der Waals surface area contributed by atoms with Crippen LogP contribution < -0.4 is 4.74 Å². The van der Waals surface area contributed by atoms with Gasteiger partial charge in [0.1, 0.15) is 5.75 Å². The lowest BCUT2D eigenvalue weighted by atomic mass is 10.1. The van der Waals surface area contributed by atoms with Crippen LogP contribution in [0.4, 0.5) is 4.79 Å². The van der Waals surface area contributed by atoms with Gasteiger partial charge < -0.3 is 14.5 Å². The van der Waals surface area contributed by atoms with Gasteiger partial charge in [0, 0.05) is 35.8 Å². The molecule has 0 radical (unpaired) electrons. The summed E-state index contributed by atoms with van der Waals surface area (Å²) in [6.07, 6.45) is 1.94. The summed E-state index contributed by atoms with van der Waals surface area (Å²) in [5, 5.41) is 0. The van der Waals surface area contributed by atoms with E-state index in [0.29, 0.717) is 11.8 Å². The van der Waals surface area contributed by atoms with Gasteiger partial charge in [0.15, 0.2) is 0 Å². The number of nitrogens with zero attached hydrogens (tertiary/aromatic N) is 2. The zero-order valence-electron chi connectivity index (χ0n) is 10.7. The fraction of sp³-hybridized carbons (Fsp3) is 0.500. The Morgan fingerprint density at radius 1 is 1.21 bits per heavy atom. The summed E-state index contributed by atoms with van der Waals surface area (Å²) in [7, 11) is 0. The second-order valence-electron chi connectivity index (χ2n) is 5.09. The Morgan fingerprint density at radius 2 is 2.00 bits per heavy atom. The average Bonchev–Trinajstić information content (AvgIpc) is 2.72. The minimum atomic E-state index is -0.198. The number of halogens is 1. The van der Waals surface area contributed by atoms with Crippen molar-refractivity contribution in [3.63, 3.8) is 0 Å². The Hall–Kier alpha value is -0.820. The first-order chi connectivity index (χ1) is 9.22. The number of fused-ring (bicyclic) bond motifs is 4. The molecule has 1 aromatic rings. The van der Waals surface area contributed by atoms with E-state index in [1.165, 1.54) is 0 Å². The van der Waals surface area contributed by atoms with Gasteiger partial charge in [0.2, 0.25) is 0 Å². The topological polar surface area (TPSA) is 32.8 Å². The molecule has 3 saturated heterocycles. The van der Waals surface area contributed by atoms with Gasteiger partial charge in [0.25, 0.3) is 0 Å². The van der Waals surface area contributed by atoms with Gasteiger partial charge in [-0.15, -0.1) is 0 Å². The third kappa shape index (κ3) is 3.02. The zero-order chi connectivity index (χ0) is 13.2. The summed E-state index contributed by atoms with van der Waals surface area (Å²) in [5.74, 6) is 0.635. The summed E-state index contributed by atoms with van der Waals surface area (Å²) in [6.45, 7) is 3.97. The van der Waals surface area contributed by atoms with Crippen LogP contribution in [0.25, 0.3) is 0 Å². The highest BCUT2D eigenvalue weighted by Gasteiger charge is 2.32. The lowest BCUT2D eigenvalue weighted by Crippen LogP contribution is -2.43. The van der Waals surface area contributed by atoms with Crippen LogP contribution in [-0.4, -0.2) is 48.1 Å². The summed E-state index contributed by atoms with van der Waals surface area (Å²) in [6, 6.07) is 7.97. The van der Waals surface area contributed by atoms with E-state index in [9.17, 15) is 4.79 Å². The van der Waals surface area contributed by atoms with E-state index in [-0.39, 0.29) is 6.09 Å². The molecule has 1 aromatic carbocycles. The van der Waals surface area contributed by atoms with Crippen molar-refractivity contribution in [2.45, 2.75) is 18.9 Å². The number of amides is 1. The Morgan fingerprint density at radius 3 is 2.74 bits per heavy atom. The zero-order valence-corrected chi connectivity index (χ0v) is 12.9. The first kappa shape index (κ1) is 13.2. The lowest BCUT2D eigenvalue weighted by Gasteiger charge is -2.30. The van der Waals surface area contributed by atoms with Crippen LogP contribution in [0.3, 0.4) is 0 Å². The van der Waals surface area contributed by atoms with E-state index >= 15 is 0 Å². The maximum atomic E-state index is 12.3. The standard InChI is InChI=1S/C14H17IN2O2/c15-11-2-1-3-13(10-11)19-14(18)17-9-8-16-6-4-12(17)5-7-16/h1-3,10,12H,4-9H2. The lowest BCUT2D eigenvalue weighted by molar-refractivity contribution is 0.131. The predicted molar refractivity (Wildman–Crippen MR) is 81.4 cm³/mol. The molecule has 4 nitrogen and oxygen atoms in total. The van der Waals surface area contributed by atoms with Crippen molar-refractivity contribution in [3.8, 4) is 5.75 Å². The molecule has 0 N–H and O–H groups in total. The van der Waals surface area contributed by atoms with Gasteiger partial charge >= 0.3 is 6.09 Å². The number of carbonyl (C=O) groups is 1. The van der Waals surface area contributed by atoms with Crippen molar-refractivity contribution >= 4 is 28.7 Å². The van der Waals surface area contributed by atoms with Gasteiger partial charge in [-0.3, -0.25) is 0 Å². The molecule has 0 aliphatic carbocycles. The number of rotatable bonds is 1. The van der Waals surface area contributed by atoms with Crippen LogP contribution in [0, 0.1) is 3.57 Å².